The number of hydrogen-bond donors (Lipinski definition) is 1. The molecule has 7 rings (SSSR count). The number of fused-ring (bicyclic) bond motifs is 1. The predicted octanol–water partition coefficient (Wildman–Crippen LogP) is 13.6. The zero-order valence-corrected chi connectivity index (χ0v) is 38.6. The van der Waals surface area contributed by atoms with Crippen molar-refractivity contribution in [1.82, 2.24) is 0 Å². The summed E-state index contributed by atoms with van der Waals surface area (Å²) < 4.78 is 348. The Balaban J connectivity index is 0.000000378. The largest absolute Gasteiger partial charge is 0.417 e. The average molecular weight is 1160 g/mol. The molecule has 0 amide bonds. The number of benzene rings is 6. The number of Topliss-reactive ketones (excluding diaryl/α,β-unsaturated/α-hetero) is 1. The lowest BCUT2D eigenvalue weighted by atomic mass is 9.12. The second-order valence-corrected chi connectivity index (χ2v) is 17.1. The summed E-state index contributed by atoms with van der Waals surface area (Å²) in [5.74, 6) is 0.480. The van der Waals surface area contributed by atoms with Crippen molar-refractivity contribution >= 4 is 44.6 Å². The minimum absolute atomic E-state index is 0.0105. The van der Waals surface area contributed by atoms with Gasteiger partial charge in [0.2, 0.25) is 12.3 Å². The van der Waals surface area contributed by atoms with E-state index in [1.54, 1.807) is 22.9 Å². The quantitative estimate of drug-likeness (QED) is 0.0515. The molecule has 29 heteroatoms. The molecule has 6 aromatic carbocycles. The van der Waals surface area contributed by atoms with Crippen LogP contribution in [-0.4, -0.2) is 23.8 Å². The molecule has 0 atom stereocenters. The molecular formula is C50H28BF24NO3. The van der Waals surface area contributed by atoms with Gasteiger partial charge in [-0.15, -0.1) is 0 Å². The van der Waals surface area contributed by atoms with Gasteiger partial charge in [0.25, 0.3) is 0 Å². The monoisotopic (exact) mass is 1160 g/mol. The minimum Gasteiger partial charge on any atom is -0.417 e. The molecule has 4 nitrogen and oxygen atoms in total. The first-order chi connectivity index (χ1) is 36.1. The molecule has 0 spiro atoms. The van der Waals surface area contributed by atoms with Crippen LogP contribution in [0.2, 0.25) is 0 Å². The number of ether oxygens (including phenoxy) is 1. The molecule has 0 fully saturated rings. The Morgan fingerprint density at radius 2 is 0.671 bits per heavy atom. The van der Waals surface area contributed by atoms with Gasteiger partial charge in [-0.2, -0.15) is 132 Å². The van der Waals surface area contributed by atoms with E-state index in [0.717, 1.165) is 10.8 Å². The number of alkyl halides is 24. The second kappa shape index (κ2) is 21.3. The van der Waals surface area contributed by atoms with Crippen LogP contribution in [0.5, 0.6) is 5.88 Å². The summed E-state index contributed by atoms with van der Waals surface area (Å²) in [6.07, 6.45) is -53.0. The Hall–Kier alpha value is -7.46. The number of carbonyl (C=O) groups excluding carboxylic acids is 1. The number of aliphatic hydroxyl groups is 1. The molecule has 1 N–H and O–H groups in total. The molecule has 0 bridgehead atoms. The number of halogens is 24. The molecule has 0 radical (unpaired) electrons. The summed E-state index contributed by atoms with van der Waals surface area (Å²) in [4.78, 5) is 12.4. The van der Waals surface area contributed by atoms with Gasteiger partial charge in [-0.25, -0.2) is 0 Å². The highest BCUT2D eigenvalue weighted by Crippen LogP contribution is 2.41. The van der Waals surface area contributed by atoms with Crippen molar-refractivity contribution < 1.29 is 125 Å². The van der Waals surface area contributed by atoms with Crippen molar-refractivity contribution in [1.29, 1.82) is 0 Å². The van der Waals surface area contributed by atoms with Gasteiger partial charge in [0.05, 0.1) is 49.9 Å². The molecule has 0 aliphatic rings. The van der Waals surface area contributed by atoms with Crippen LogP contribution in [0.15, 0.2) is 140 Å². The molecule has 0 aliphatic heterocycles. The number of nitrogens with zero attached hydrogens (tertiary/aromatic N) is 1. The molecule has 1 heterocycles. The van der Waals surface area contributed by atoms with Gasteiger partial charge in [0.15, 0.2) is 13.0 Å². The fourth-order valence-corrected chi connectivity index (χ4v) is 8.52. The summed E-state index contributed by atoms with van der Waals surface area (Å²) in [5, 5.41) is 11.0. The third-order valence-electron chi connectivity index (χ3n) is 11.9. The number of aromatic nitrogens is 1. The molecule has 7 aromatic rings. The highest BCUT2D eigenvalue weighted by molar-refractivity contribution is 7.20. The highest BCUT2D eigenvalue weighted by atomic mass is 19.4. The lowest BCUT2D eigenvalue weighted by Crippen LogP contribution is -2.75. The first kappa shape index (κ1) is 60.8. The predicted molar refractivity (Wildman–Crippen MR) is 233 cm³/mol. The van der Waals surface area contributed by atoms with Crippen molar-refractivity contribution in [2.24, 2.45) is 0 Å². The van der Waals surface area contributed by atoms with Gasteiger partial charge in [-0.1, -0.05) is 97.1 Å². The maximum atomic E-state index is 14.2. The lowest BCUT2D eigenvalue weighted by Gasteiger charge is -2.46. The fraction of sp³-hybridized carbons (Fsp3) is 0.200. The first-order valence-electron chi connectivity index (χ1n) is 21.6. The van der Waals surface area contributed by atoms with Crippen molar-refractivity contribution in [3.8, 4) is 5.88 Å². The molecule has 1 aromatic heterocycles. The number of hydrogen-bond acceptors (Lipinski definition) is 3. The number of rotatable bonds is 9. The summed E-state index contributed by atoms with van der Waals surface area (Å²) >= 11 is 0. The van der Waals surface area contributed by atoms with E-state index in [-0.39, 0.29) is 12.3 Å². The van der Waals surface area contributed by atoms with Crippen LogP contribution in [0.1, 0.15) is 54.9 Å². The molecule has 0 saturated heterocycles. The zero-order chi connectivity index (χ0) is 59.3. The average Bonchev–Trinajstić information content (AvgIpc) is 3.55. The molecule has 0 unspecified atom stereocenters. The Bertz CT molecular complexity index is 2920. The Morgan fingerprint density at radius 3 is 0.949 bits per heavy atom. The Labute approximate surface area is 427 Å². The smallest absolute Gasteiger partial charge is 0.416 e. The standard InChI is InChI=1S/C32H12BF24.C18H16NO3/c34-25(35,36)13-1-14(26(37,38)39)6-21(5-13)33(22-7-15(27(40,41)42)2-16(8-22)28(43,44)45,23-9-17(29(46,47)48)3-18(10-23)30(49,50)51)24-11-19(31(52,53)54)4-20(12-24)32(55,56)57;20-13-22-18-16-9-5-4-6-14(16)10-11-19(18)12-17(21)15-7-2-1-3-8-15/h1-12H;1-11,20H,12-13H2/q-1;+1. The summed E-state index contributed by atoms with van der Waals surface area (Å²) in [7, 11) is 0. The normalized spacial score (nSPS) is 13.3. The zero-order valence-electron chi connectivity index (χ0n) is 38.6. The second-order valence-electron chi connectivity index (χ2n) is 17.1. The van der Waals surface area contributed by atoms with E-state index < -0.39 is 202 Å². The molecule has 422 valence electrons. The van der Waals surface area contributed by atoms with Crippen LogP contribution in [0.25, 0.3) is 10.8 Å². The number of ketones is 1. The van der Waals surface area contributed by atoms with Gasteiger partial charge >= 0.3 is 55.3 Å². The van der Waals surface area contributed by atoms with Gasteiger partial charge in [0, 0.05) is 11.6 Å². The van der Waals surface area contributed by atoms with Crippen molar-refractivity contribution in [2.45, 2.75) is 56.0 Å². The van der Waals surface area contributed by atoms with E-state index in [4.69, 9.17) is 9.84 Å². The maximum Gasteiger partial charge on any atom is 0.416 e. The Morgan fingerprint density at radius 1 is 0.392 bits per heavy atom. The van der Waals surface area contributed by atoms with Crippen LogP contribution in [-0.2, 0) is 56.0 Å². The molecule has 0 aliphatic carbocycles. The summed E-state index contributed by atoms with van der Waals surface area (Å²) in [6.45, 7) is -0.280. The van der Waals surface area contributed by atoms with Crippen molar-refractivity contribution in [3.63, 3.8) is 0 Å². The maximum absolute atomic E-state index is 14.2. The molecule has 0 saturated carbocycles. The van der Waals surface area contributed by atoms with Crippen LogP contribution in [0.3, 0.4) is 0 Å². The van der Waals surface area contributed by atoms with Crippen LogP contribution >= 0.6 is 0 Å². The third-order valence-corrected chi connectivity index (χ3v) is 11.9. The SMILES string of the molecule is FC(F)(F)c1cc([B-](c2cc(C(F)(F)F)cc(C(F)(F)F)c2)(c2cc(C(F)(F)F)cc(C(F)(F)F)c2)c2cc(C(F)(F)F)cc(C(F)(F)F)c2)cc(C(F)(F)F)c1.O=C(C[n+]1ccc2ccccc2c1OCO)c1ccccc1. The van der Waals surface area contributed by atoms with Gasteiger partial charge in [-0.05, 0) is 35.7 Å². The van der Waals surface area contributed by atoms with Crippen molar-refractivity contribution in [2.75, 3.05) is 6.79 Å². The van der Waals surface area contributed by atoms with E-state index in [0.29, 0.717) is 11.4 Å². The Kier molecular flexibility index (Phi) is 16.4. The number of aliphatic hydroxyl groups excluding tert-OH is 1. The summed E-state index contributed by atoms with van der Waals surface area (Å²) in [5.41, 5.74) is -29.6. The highest BCUT2D eigenvalue weighted by Gasteiger charge is 2.47. The van der Waals surface area contributed by atoms with E-state index in [9.17, 15) is 110 Å². The molecular weight excluding hydrogens is 1130 g/mol. The van der Waals surface area contributed by atoms with Gasteiger partial charge < -0.3 is 9.84 Å². The van der Waals surface area contributed by atoms with Crippen molar-refractivity contribution in [3.05, 3.63) is 190 Å². The van der Waals surface area contributed by atoms with Crippen LogP contribution in [0.4, 0.5) is 105 Å². The lowest BCUT2D eigenvalue weighted by molar-refractivity contribution is -0.687. The summed E-state index contributed by atoms with van der Waals surface area (Å²) in [6, 6.07) is 9.94. The van der Waals surface area contributed by atoms with E-state index in [1.807, 2.05) is 48.5 Å². The van der Waals surface area contributed by atoms with Gasteiger partial charge in [-0.3, -0.25) is 4.79 Å². The topological polar surface area (TPSA) is 50.4 Å². The third kappa shape index (κ3) is 13.7. The fourth-order valence-electron chi connectivity index (χ4n) is 8.52. The van der Waals surface area contributed by atoms with E-state index >= 15 is 0 Å². The molecule has 79 heavy (non-hydrogen) atoms. The van der Waals surface area contributed by atoms with Gasteiger partial charge in [0.1, 0.15) is 6.15 Å². The first-order valence-corrected chi connectivity index (χ1v) is 21.6. The van der Waals surface area contributed by atoms with Crippen LogP contribution < -0.4 is 31.2 Å². The van der Waals surface area contributed by atoms with E-state index in [2.05, 4.69) is 0 Å². The van der Waals surface area contributed by atoms with E-state index in [1.165, 1.54) is 0 Å². The number of pyridine rings is 1. The minimum atomic E-state index is -6.13. The number of carbonyl (C=O) groups is 1. The van der Waals surface area contributed by atoms with Crippen LogP contribution in [0, 0.1) is 0 Å².